The maximum absolute atomic E-state index is 11.7. The van der Waals surface area contributed by atoms with E-state index in [-0.39, 0.29) is 5.56 Å². The second-order valence-electron chi connectivity index (χ2n) is 3.01. The van der Waals surface area contributed by atoms with Crippen molar-refractivity contribution in [2.45, 2.75) is 0 Å². The number of ether oxygens (including phenoxy) is 1. The lowest BCUT2D eigenvalue weighted by Gasteiger charge is -2.01. The quantitative estimate of drug-likeness (QED) is 0.403. The maximum Gasteiger partial charge on any atom is 0.373 e. The van der Waals surface area contributed by atoms with Gasteiger partial charge in [-0.2, -0.15) is 0 Å². The van der Waals surface area contributed by atoms with Gasteiger partial charge in [0, 0.05) is 21.1 Å². The molecule has 6 heteroatoms. The van der Waals surface area contributed by atoms with E-state index in [1.54, 1.807) is 0 Å². The van der Waals surface area contributed by atoms with Gasteiger partial charge in [0.15, 0.2) is 5.78 Å². The van der Waals surface area contributed by atoms with E-state index >= 15 is 0 Å². The van der Waals surface area contributed by atoms with Gasteiger partial charge in [-0.05, 0) is 34.1 Å². The van der Waals surface area contributed by atoms with Crippen LogP contribution in [0.3, 0.4) is 0 Å². The topological polar surface area (TPSA) is 63.6 Å². The lowest BCUT2D eigenvalue weighted by Crippen LogP contribution is -2.07. The summed E-state index contributed by atoms with van der Waals surface area (Å²) in [6.45, 7) is 0. The van der Waals surface area contributed by atoms with E-state index < -0.39 is 17.5 Å². The van der Waals surface area contributed by atoms with Gasteiger partial charge in [-0.25, -0.2) is 4.79 Å². The zero-order chi connectivity index (χ0) is 13.0. The summed E-state index contributed by atoms with van der Waals surface area (Å²) in [5.74, 6) is -2.25. The Balaban J connectivity index is 3.02. The molecular weight excluding hydrogens is 311 g/mol. The summed E-state index contributed by atoms with van der Waals surface area (Å²) in [5.41, 5.74) is 0.282. The minimum atomic E-state index is -0.969. The van der Waals surface area contributed by atoms with Crippen LogP contribution in [0, 0.1) is 0 Å². The van der Waals surface area contributed by atoms with Crippen molar-refractivity contribution in [2.75, 3.05) is 7.11 Å². The SMILES string of the molecule is COC(=O)C(O)=CC(=O)c1ccc(Cl)cc1Br. The third kappa shape index (κ3) is 3.57. The summed E-state index contributed by atoms with van der Waals surface area (Å²) in [6, 6.07) is 4.55. The van der Waals surface area contributed by atoms with Gasteiger partial charge in [-0.1, -0.05) is 11.6 Å². The predicted molar refractivity (Wildman–Crippen MR) is 66.2 cm³/mol. The summed E-state index contributed by atoms with van der Waals surface area (Å²) < 4.78 is 4.73. The molecule has 0 radical (unpaired) electrons. The summed E-state index contributed by atoms with van der Waals surface area (Å²) >= 11 is 8.88. The molecule has 0 aromatic heterocycles. The van der Waals surface area contributed by atoms with Gasteiger partial charge in [0.1, 0.15) is 0 Å². The van der Waals surface area contributed by atoms with Crippen LogP contribution in [-0.4, -0.2) is 24.0 Å². The molecule has 0 aliphatic rings. The Morgan fingerprint density at radius 1 is 1.47 bits per heavy atom. The van der Waals surface area contributed by atoms with Crippen LogP contribution < -0.4 is 0 Å². The van der Waals surface area contributed by atoms with Crippen molar-refractivity contribution < 1.29 is 19.4 Å². The van der Waals surface area contributed by atoms with Crippen LogP contribution in [-0.2, 0) is 9.53 Å². The molecule has 1 aromatic rings. The molecule has 0 amide bonds. The average molecular weight is 320 g/mol. The van der Waals surface area contributed by atoms with Gasteiger partial charge in [-0.15, -0.1) is 0 Å². The average Bonchev–Trinajstić information content (AvgIpc) is 2.27. The fraction of sp³-hybridized carbons (Fsp3) is 0.0909. The zero-order valence-electron chi connectivity index (χ0n) is 8.74. The third-order valence-corrected chi connectivity index (χ3v) is 2.75. The summed E-state index contributed by atoms with van der Waals surface area (Å²) in [4.78, 5) is 22.6. The number of carbonyl (C=O) groups is 2. The number of benzene rings is 1. The monoisotopic (exact) mass is 318 g/mol. The minimum absolute atomic E-state index is 0.282. The molecule has 0 heterocycles. The second-order valence-corrected chi connectivity index (χ2v) is 4.30. The molecule has 1 aromatic carbocycles. The predicted octanol–water partition coefficient (Wildman–Crippen LogP) is 2.90. The van der Waals surface area contributed by atoms with Crippen molar-refractivity contribution in [1.82, 2.24) is 0 Å². The Morgan fingerprint density at radius 2 is 2.12 bits per heavy atom. The lowest BCUT2D eigenvalue weighted by atomic mass is 10.1. The highest BCUT2D eigenvalue weighted by atomic mass is 79.9. The molecule has 1 rings (SSSR count). The van der Waals surface area contributed by atoms with Crippen LogP contribution in [0.25, 0.3) is 0 Å². The third-order valence-electron chi connectivity index (χ3n) is 1.86. The molecule has 0 atom stereocenters. The van der Waals surface area contributed by atoms with Crippen LogP contribution in [0.2, 0.25) is 5.02 Å². The van der Waals surface area contributed by atoms with Gasteiger partial charge in [0.25, 0.3) is 0 Å². The molecule has 0 bridgehead atoms. The Bertz CT molecular complexity index is 496. The van der Waals surface area contributed by atoms with Gasteiger partial charge in [0.05, 0.1) is 7.11 Å². The van der Waals surface area contributed by atoms with Gasteiger partial charge in [-0.3, -0.25) is 4.79 Å². The van der Waals surface area contributed by atoms with E-state index in [9.17, 15) is 14.7 Å². The molecule has 0 fully saturated rings. The first kappa shape index (κ1) is 13.7. The lowest BCUT2D eigenvalue weighted by molar-refractivity contribution is -0.139. The largest absolute Gasteiger partial charge is 0.502 e. The highest BCUT2D eigenvalue weighted by Gasteiger charge is 2.13. The van der Waals surface area contributed by atoms with Crippen molar-refractivity contribution >= 4 is 39.3 Å². The second kappa shape index (κ2) is 5.84. The van der Waals surface area contributed by atoms with Crippen LogP contribution in [0.4, 0.5) is 0 Å². The van der Waals surface area contributed by atoms with E-state index in [0.717, 1.165) is 13.2 Å². The van der Waals surface area contributed by atoms with Crippen molar-refractivity contribution in [2.24, 2.45) is 0 Å². The Kier molecular flexibility index (Phi) is 4.72. The number of carbonyl (C=O) groups excluding carboxylic acids is 2. The number of allylic oxidation sites excluding steroid dienone is 1. The fourth-order valence-corrected chi connectivity index (χ4v) is 1.93. The summed E-state index contributed by atoms with van der Waals surface area (Å²) in [5, 5.41) is 9.69. The maximum atomic E-state index is 11.7. The standard InChI is InChI=1S/C11H8BrClO4/c1-17-11(16)10(15)5-9(14)7-3-2-6(13)4-8(7)12/h2-5,15H,1H3. The molecule has 4 nitrogen and oxygen atoms in total. The Labute approximate surface area is 111 Å². The Morgan fingerprint density at radius 3 is 2.65 bits per heavy atom. The molecule has 0 spiro atoms. The number of methoxy groups -OCH3 is 1. The first-order valence-electron chi connectivity index (χ1n) is 4.44. The van der Waals surface area contributed by atoms with Crippen LogP contribution >= 0.6 is 27.5 Å². The molecule has 0 saturated carbocycles. The molecule has 1 N–H and O–H groups in total. The van der Waals surface area contributed by atoms with E-state index in [1.165, 1.54) is 18.2 Å². The van der Waals surface area contributed by atoms with Crippen LogP contribution in [0.1, 0.15) is 10.4 Å². The first-order chi connectivity index (χ1) is 7.95. The zero-order valence-corrected chi connectivity index (χ0v) is 11.1. The van der Waals surface area contributed by atoms with E-state index in [2.05, 4.69) is 20.7 Å². The number of halogens is 2. The minimum Gasteiger partial charge on any atom is -0.502 e. The van der Waals surface area contributed by atoms with E-state index in [0.29, 0.717) is 9.50 Å². The van der Waals surface area contributed by atoms with E-state index in [4.69, 9.17) is 11.6 Å². The van der Waals surface area contributed by atoms with Crippen molar-refractivity contribution in [3.63, 3.8) is 0 Å². The van der Waals surface area contributed by atoms with Gasteiger partial charge in [0.2, 0.25) is 5.76 Å². The fourth-order valence-electron chi connectivity index (χ4n) is 1.05. The number of aliphatic hydroxyl groups excluding tert-OH is 1. The Hall–Kier alpha value is -1.33. The highest BCUT2D eigenvalue weighted by Crippen LogP contribution is 2.22. The number of esters is 1. The molecule has 0 aliphatic carbocycles. The number of hydrogen-bond donors (Lipinski definition) is 1. The summed E-state index contributed by atoms with van der Waals surface area (Å²) in [7, 11) is 1.11. The molecule has 0 saturated heterocycles. The van der Waals surface area contributed by atoms with Crippen molar-refractivity contribution in [1.29, 1.82) is 0 Å². The number of ketones is 1. The van der Waals surface area contributed by atoms with Crippen LogP contribution in [0.15, 0.2) is 34.5 Å². The van der Waals surface area contributed by atoms with Crippen LogP contribution in [0.5, 0.6) is 0 Å². The normalized spacial score (nSPS) is 11.1. The smallest absolute Gasteiger partial charge is 0.373 e. The molecule has 0 unspecified atom stereocenters. The molecule has 90 valence electrons. The number of rotatable bonds is 3. The van der Waals surface area contributed by atoms with E-state index in [1.807, 2.05) is 0 Å². The summed E-state index contributed by atoms with van der Waals surface area (Å²) in [6.07, 6.45) is 0.791. The number of hydrogen-bond acceptors (Lipinski definition) is 4. The van der Waals surface area contributed by atoms with Gasteiger partial charge >= 0.3 is 5.97 Å². The first-order valence-corrected chi connectivity index (χ1v) is 5.61. The van der Waals surface area contributed by atoms with Crippen molar-refractivity contribution in [3.05, 3.63) is 45.1 Å². The molecule has 0 aliphatic heterocycles. The molecule has 17 heavy (non-hydrogen) atoms. The number of aliphatic hydroxyl groups is 1. The highest BCUT2D eigenvalue weighted by molar-refractivity contribution is 9.10. The molecular formula is C11H8BrClO4. The van der Waals surface area contributed by atoms with Crippen molar-refractivity contribution in [3.8, 4) is 0 Å². The van der Waals surface area contributed by atoms with Gasteiger partial charge < -0.3 is 9.84 Å².